The molecule has 0 spiro atoms. The summed E-state index contributed by atoms with van der Waals surface area (Å²) in [4.78, 5) is 0. The van der Waals surface area contributed by atoms with E-state index in [9.17, 15) is 5.11 Å². The Bertz CT molecular complexity index is 265. The van der Waals surface area contributed by atoms with Crippen molar-refractivity contribution in [3.8, 4) is 0 Å². The predicted octanol–water partition coefficient (Wildman–Crippen LogP) is 2.72. The second-order valence-corrected chi connectivity index (χ2v) is 6.61. The molecule has 4 unspecified atom stereocenters. The van der Waals surface area contributed by atoms with Crippen molar-refractivity contribution in [1.29, 1.82) is 0 Å². The van der Waals surface area contributed by atoms with Crippen LogP contribution in [0.4, 0.5) is 0 Å². The van der Waals surface area contributed by atoms with Crippen molar-refractivity contribution in [3.05, 3.63) is 0 Å². The maximum absolute atomic E-state index is 9.67. The van der Waals surface area contributed by atoms with Crippen LogP contribution in [0.15, 0.2) is 0 Å². The van der Waals surface area contributed by atoms with Crippen molar-refractivity contribution < 1.29 is 9.84 Å². The number of aliphatic hydroxyl groups is 1. The molecule has 0 heterocycles. The van der Waals surface area contributed by atoms with E-state index in [4.69, 9.17) is 4.74 Å². The Hall–Kier alpha value is -0.120. The molecule has 2 saturated carbocycles. The summed E-state index contributed by atoms with van der Waals surface area (Å²) in [6, 6.07) is 0. The summed E-state index contributed by atoms with van der Waals surface area (Å²) < 4.78 is 6.13. The van der Waals surface area contributed by atoms with Crippen molar-refractivity contribution in [2.24, 2.45) is 11.8 Å². The summed E-state index contributed by atoms with van der Waals surface area (Å²) >= 11 is 0. The molecule has 2 aliphatic rings. The van der Waals surface area contributed by atoms with Gasteiger partial charge in [0.2, 0.25) is 0 Å². The molecule has 19 heavy (non-hydrogen) atoms. The van der Waals surface area contributed by atoms with Crippen LogP contribution in [0.5, 0.6) is 0 Å². The van der Waals surface area contributed by atoms with Gasteiger partial charge in [0.05, 0.1) is 12.7 Å². The summed E-state index contributed by atoms with van der Waals surface area (Å²) in [5.74, 6) is 1.30. The zero-order valence-corrected chi connectivity index (χ0v) is 12.7. The summed E-state index contributed by atoms with van der Waals surface area (Å²) in [5.41, 5.74) is -0.0401. The number of hydrogen-bond acceptors (Lipinski definition) is 3. The average molecular weight is 269 g/mol. The van der Waals surface area contributed by atoms with E-state index in [2.05, 4.69) is 12.2 Å². The van der Waals surface area contributed by atoms with Gasteiger partial charge in [-0.25, -0.2) is 0 Å². The van der Waals surface area contributed by atoms with Crippen molar-refractivity contribution in [3.63, 3.8) is 0 Å². The lowest BCUT2D eigenvalue weighted by Crippen LogP contribution is -2.49. The fraction of sp³-hybridized carbons (Fsp3) is 1.00. The molecular formula is C16H31NO2. The van der Waals surface area contributed by atoms with Crippen LogP contribution in [0, 0.1) is 11.8 Å². The molecule has 0 amide bonds. The van der Waals surface area contributed by atoms with E-state index in [0.29, 0.717) is 12.0 Å². The molecule has 112 valence electrons. The van der Waals surface area contributed by atoms with Crippen LogP contribution in [0.25, 0.3) is 0 Å². The maximum atomic E-state index is 9.67. The molecule has 2 fully saturated rings. The summed E-state index contributed by atoms with van der Waals surface area (Å²) in [6.45, 7) is 3.45. The van der Waals surface area contributed by atoms with Gasteiger partial charge in [-0.15, -0.1) is 0 Å². The quantitative estimate of drug-likeness (QED) is 0.779. The third-order valence-corrected chi connectivity index (χ3v) is 5.57. The van der Waals surface area contributed by atoms with Crippen LogP contribution < -0.4 is 5.32 Å². The second-order valence-electron chi connectivity index (χ2n) is 6.61. The first kappa shape index (κ1) is 15.3. The van der Waals surface area contributed by atoms with Crippen LogP contribution in [-0.4, -0.2) is 37.0 Å². The lowest BCUT2D eigenvalue weighted by atomic mass is 9.85. The Morgan fingerprint density at radius 1 is 1.21 bits per heavy atom. The first-order valence-corrected chi connectivity index (χ1v) is 8.13. The van der Waals surface area contributed by atoms with E-state index < -0.39 is 0 Å². The Labute approximate surface area is 118 Å². The molecule has 4 atom stereocenters. The van der Waals surface area contributed by atoms with Gasteiger partial charge in [0.25, 0.3) is 0 Å². The first-order chi connectivity index (χ1) is 9.22. The maximum Gasteiger partial charge on any atom is 0.0615 e. The minimum absolute atomic E-state index is 0.0401. The van der Waals surface area contributed by atoms with Gasteiger partial charge < -0.3 is 15.2 Å². The average Bonchev–Trinajstić information content (AvgIpc) is 2.84. The molecule has 2 aliphatic carbocycles. The number of hydrogen-bond donors (Lipinski definition) is 2. The monoisotopic (exact) mass is 269 g/mol. The molecule has 0 saturated heterocycles. The standard InChI is InChI=1S/C16H31NO2/c1-13-6-3-4-8-15(13)19-11-9-14-7-5-10-16(14,12-18)17-2/h13-15,17-18H,3-12H2,1-2H3. The van der Waals surface area contributed by atoms with Gasteiger partial charge in [-0.2, -0.15) is 0 Å². The molecule has 0 bridgehead atoms. The van der Waals surface area contributed by atoms with Crippen LogP contribution in [0.1, 0.15) is 58.3 Å². The molecular weight excluding hydrogens is 238 g/mol. The van der Waals surface area contributed by atoms with Gasteiger partial charge in [-0.3, -0.25) is 0 Å². The van der Waals surface area contributed by atoms with E-state index >= 15 is 0 Å². The van der Waals surface area contributed by atoms with Crippen LogP contribution in [0.2, 0.25) is 0 Å². The number of ether oxygens (including phenoxy) is 1. The number of rotatable bonds is 6. The van der Waals surface area contributed by atoms with E-state index in [1.54, 1.807) is 0 Å². The number of nitrogens with one attached hydrogen (secondary N) is 1. The summed E-state index contributed by atoms with van der Waals surface area (Å²) in [7, 11) is 1.98. The lowest BCUT2D eigenvalue weighted by Gasteiger charge is -2.34. The molecule has 0 aromatic carbocycles. The molecule has 0 aliphatic heterocycles. The molecule has 2 rings (SSSR count). The Morgan fingerprint density at radius 3 is 2.68 bits per heavy atom. The van der Waals surface area contributed by atoms with E-state index in [0.717, 1.165) is 25.4 Å². The fourth-order valence-corrected chi connectivity index (χ4v) is 4.07. The molecule has 0 aromatic rings. The predicted molar refractivity (Wildman–Crippen MR) is 78.2 cm³/mol. The van der Waals surface area contributed by atoms with Crippen LogP contribution in [0.3, 0.4) is 0 Å². The smallest absolute Gasteiger partial charge is 0.0615 e. The van der Waals surface area contributed by atoms with Crippen molar-refractivity contribution in [2.45, 2.75) is 69.9 Å². The fourth-order valence-electron chi connectivity index (χ4n) is 4.07. The SMILES string of the molecule is CNC1(CO)CCCC1CCOC1CCCCC1C. The first-order valence-electron chi connectivity index (χ1n) is 8.13. The Balaban J connectivity index is 1.75. The highest BCUT2D eigenvalue weighted by molar-refractivity contribution is 4.97. The van der Waals surface area contributed by atoms with Gasteiger partial charge in [0.1, 0.15) is 0 Å². The largest absolute Gasteiger partial charge is 0.394 e. The van der Waals surface area contributed by atoms with Gasteiger partial charge in [0.15, 0.2) is 0 Å². The van der Waals surface area contributed by atoms with Gasteiger partial charge in [0, 0.05) is 12.1 Å². The minimum Gasteiger partial charge on any atom is -0.394 e. The van der Waals surface area contributed by atoms with Gasteiger partial charge in [-0.1, -0.05) is 26.2 Å². The van der Waals surface area contributed by atoms with Crippen molar-refractivity contribution in [2.75, 3.05) is 20.3 Å². The molecule has 0 radical (unpaired) electrons. The molecule has 3 heteroatoms. The highest BCUT2D eigenvalue weighted by atomic mass is 16.5. The van der Waals surface area contributed by atoms with Crippen LogP contribution >= 0.6 is 0 Å². The van der Waals surface area contributed by atoms with E-state index in [1.807, 2.05) is 7.05 Å². The van der Waals surface area contributed by atoms with Crippen LogP contribution in [-0.2, 0) is 4.74 Å². The second kappa shape index (κ2) is 7.05. The highest BCUT2D eigenvalue weighted by Gasteiger charge is 2.40. The lowest BCUT2D eigenvalue weighted by molar-refractivity contribution is -0.0159. The zero-order valence-electron chi connectivity index (χ0n) is 12.7. The normalized spacial score (nSPS) is 39.6. The number of aliphatic hydroxyl groups excluding tert-OH is 1. The van der Waals surface area contributed by atoms with Crippen molar-refractivity contribution >= 4 is 0 Å². The summed E-state index contributed by atoms with van der Waals surface area (Å²) in [6.07, 6.45) is 10.4. The van der Waals surface area contributed by atoms with Gasteiger partial charge >= 0.3 is 0 Å². The third kappa shape index (κ3) is 3.50. The minimum atomic E-state index is -0.0401. The number of likely N-dealkylation sites (N-methyl/N-ethyl adjacent to an activating group) is 1. The molecule has 2 N–H and O–H groups in total. The van der Waals surface area contributed by atoms with E-state index in [1.165, 1.54) is 38.5 Å². The summed E-state index contributed by atoms with van der Waals surface area (Å²) in [5, 5.41) is 13.0. The Kier molecular flexibility index (Phi) is 5.67. The van der Waals surface area contributed by atoms with Gasteiger partial charge in [-0.05, 0) is 51.0 Å². The Morgan fingerprint density at radius 2 is 2.00 bits per heavy atom. The van der Waals surface area contributed by atoms with E-state index in [-0.39, 0.29) is 12.1 Å². The van der Waals surface area contributed by atoms with Crippen molar-refractivity contribution in [1.82, 2.24) is 5.32 Å². The molecule has 3 nitrogen and oxygen atoms in total. The highest BCUT2D eigenvalue weighted by Crippen LogP contribution is 2.37. The topological polar surface area (TPSA) is 41.5 Å². The molecule has 0 aromatic heterocycles. The third-order valence-electron chi connectivity index (χ3n) is 5.57. The zero-order chi connectivity index (χ0) is 13.7.